The summed E-state index contributed by atoms with van der Waals surface area (Å²) in [5.74, 6) is 0.399. The minimum atomic E-state index is -0.113. The van der Waals surface area contributed by atoms with Crippen LogP contribution in [0.25, 0.3) is 0 Å². The molecule has 2 amide bonds. The summed E-state index contributed by atoms with van der Waals surface area (Å²) in [5.41, 5.74) is 0.709. The van der Waals surface area contributed by atoms with Crippen LogP contribution >= 0.6 is 0 Å². The highest BCUT2D eigenvalue weighted by Crippen LogP contribution is 2.12. The Hall–Kier alpha value is -1.89. The summed E-state index contributed by atoms with van der Waals surface area (Å²) in [6.45, 7) is 6.91. The monoisotopic (exact) mass is 320 g/mol. The van der Waals surface area contributed by atoms with E-state index in [1.165, 1.54) is 0 Å². The summed E-state index contributed by atoms with van der Waals surface area (Å²) in [5, 5.41) is 3.77. The van der Waals surface area contributed by atoms with Gasteiger partial charge in [-0.2, -0.15) is 0 Å². The summed E-state index contributed by atoms with van der Waals surface area (Å²) in [4.78, 5) is 30.5. The maximum Gasteiger partial charge on any atom is 0.292 e. The van der Waals surface area contributed by atoms with E-state index in [-0.39, 0.29) is 11.8 Å². The van der Waals surface area contributed by atoms with Crippen LogP contribution in [0.1, 0.15) is 35.5 Å². The van der Waals surface area contributed by atoms with Crippen LogP contribution in [0.4, 0.5) is 0 Å². The topological polar surface area (TPSA) is 69.9 Å². The third-order valence-corrected chi connectivity index (χ3v) is 4.53. The number of aromatic nitrogens is 1. The fourth-order valence-corrected chi connectivity index (χ4v) is 3.21. The minimum Gasteiger partial charge on any atom is -0.351 e. The second-order valence-electron chi connectivity index (χ2n) is 6.34. The van der Waals surface area contributed by atoms with Crippen molar-refractivity contribution in [2.24, 2.45) is 0 Å². The van der Waals surface area contributed by atoms with Gasteiger partial charge in [0, 0.05) is 45.3 Å². The molecule has 0 atom stereocenters. The van der Waals surface area contributed by atoms with Gasteiger partial charge in [-0.25, -0.2) is 0 Å². The highest BCUT2D eigenvalue weighted by molar-refractivity contribution is 5.91. The van der Waals surface area contributed by atoms with Crippen LogP contribution in [0.3, 0.4) is 0 Å². The summed E-state index contributed by atoms with van der Waals surface area (Å²) in [6.07, 6.45) is 3.10. The quantitative estimate of drug-likeness (QED) is 0.822. The first-order valence-electron chi connectivity index (χ1n) is 8.36. The number of hydrogen-bond acceptors (Lipinski definition) is 5. The largest absolute Gasteiger partial charge is 0.351 e. The Morgan fingerprint density at radius 3 is 2.48 bits per heavy atom. The molecule has 3 rings (SSSR count). The SMILES string of the molecule is Cc1cc(C(=O)N2CCCN(CC(=O)N3CCCC3)CC2)on1. The molecular weight excluding hydrogens is 296 g/mol. The fraction of sp³-hybridized carbons (Fsp3) is 0.688. The van der Waals surface area contributed by atoms with Crippen LogP contribution in [-0.4, -0.2) is 77.5 Å². The molecule has 0 aliphatic carbocycles. The van der Waals surface area contributed by atoms with Gasteiger partial charge < -0.3 is 14.3 Å². The van der Waals surface area contributed by atoms with Crippen LogP contribution < -0.4 is 0 Å². The van der Waals surface area contributed by atoms with Crippen molar-refractivity contribution in [3.05, 3.63) is 17.5 Å². The second kappa shape index (κ2) is 7.12. The van der Waals surface area contributed by atoms with Gasteiger partial charge >= 0.3 is 0 Å². The highest BCUT2D eigenvalue weighted by Gasteiger charge is 2.25. The van der Waals surface area contributed by atoms with Crippen LogP contribution in [0.5, 0.6) is 0 Å². The Morgan fingerprint density at radius 1 is 1.04 bits per heavy atom. The molecule has 0 unspecified atom stereocenters. The molecule has 0 aromatic carbocycles. The van der Waals surface area contributed by atoms with Gasteiger partial charge in [0.2, 0.25) is 11.7 Å². The van der Waals surface area contributed by atoms with Gasteiger partial charge in [0.25, 0.3) is 5.91 Å². The van der Waals surface area contributed by atoms with E-state index in [4.69, 9.17) is 4.52 Å². The van der Waals surface area contributed by atoms with E-state index in [1.54, 1.807) is 17.9 Å². The molecule has 1 aromatic rings. The number of hydrogen-bond donors (Lipinski definition) is 0. The number of likely N-dealkylation sites (tertiary alicyclic amines) is 1. The lowest BCUT2D eigenvalue weighted by molar-refractivity contribution is -0.131. The molecule has 7 nitrogen and oxygen atoms in total. The Balaban J connectivity index is 1.52. The molecule has 0 saturated carbocycles. The number of amides is 2. The lowest BCUT2D eigenvalue weighted by atomic mass is 10.3. The normalized spacial score (nSPS) is 19.9. The molecule has 0 radical (unpaired) electrons. The van der Waals surface area contributed by atoms with Crippen molar-refractivity contribution in [1.29, 1.82) is 0 Å². The zero-order valence-corrected chi connectivity index (χ0v) is 13.7. The van der Waals surface area contributed by atoms with E-state index in [9.17, 15) is 9.59 Å². The summed E-state index contributed by atoms with van der Waals surface area (Å²) < 4.78 is 5.06. The molecule has 0 bridgehead atoms. The number of aryl methyl sites for hydroxylation is 1. The lowest BCUT2D eigenvalue weighted by Gasteiger charge is -2.23. The Labute approximate surface area is 136 Å². The molecule has 2 aliphatic rings. The summed E-state index contributed by atoms with van der Waals surface area (Å²) >= 11 is 0. The molecule has 2 aliphatic heterocycles. The van der Waals surface area contributed by atoms with Crippen molar-refractivity contribution in [2.45, 2.75) is 26.2 Å². The standard InChI is InChI=1S/C16H24N4O3/c1-13-11-14(23-17-13)16(22)20-8-4-5-18(9-10-20)12-15(21)19-6-2-3-7-19/h11H,2-10,12H2,1H3. The highest BCUT2D eigenvalue weighted by atomic mass is 16.5. The first-order valence-corrected chi connectivity index (χ1v) is 8.36. The van der Waals surface area contributed by atoms with Crippen molar-refractivity contribution >= 4 is 11.8 Å². The van der Waals surface area contributed by atoms with Gasteiger partial charge in [0.15, 0.2) is 0 Å². The molecule has 3 heterocycles. The second-order valence-corrected chi connectivity index (χ2v) is 6.34. The van der Waals surface area contributed by atoms with E-state index < -0.39 is 0 Å². The lowest BCUT2D eigenvalue weighted by Crippen LogP contribution is -2.41. The third-order valence-electron chi connectivity index (χ3n) is 4.53. The number of carbonyl (C=O) groups is 2. The van der Waals surface area contributed by atoms with Gasteiger partial charge in [0.1, 0.15) is 0 Å². The van der Waals surface area contributed by atoms with Gasteiger partial charge in [-0.05, 0) is 26.2 Å². The number of carbonyl (C=O) groups excluding carboxylic acids is 2. The van der Waals surface area contributed by atoms with Crippen molar-refractivity contribution in [3.8, 4) is 0 Å². The Morgan fingerprint density at radius 2 is 1.78 bits per heavy atom. The van der Waals surface area contributed by atoms with E-state index in [2.05, 4.69) is 10.1 Å². The summed E-state index contributed by atoms with van der Waals surface area (Å²) in [7, 11) is 0. The van der Waals surface area contributed by atoms with E-state index in [0.717, 1.165) is 45.4 Å². The molecule has 2 saturated heterocycles. The smallest absolute Gasteiger partial charge is 0.292 e. The van der Waals surface area contributed by atoms with Crippen LogP contribution in [0.15, 0.2) is 10.6 Å². The predicted octanol–water partition coefficient (Wildman–Crippen LogP) is 0.753. The van der Waals surface area contributed by atoms with E-state index in [0.29, 0.717) is 31.1 Å². The molecule has 2 fully saturated rings. The zero-order chi connectivity index (χ0) is 16.2. The van der Waals surface area contributed by atoms with Crippen LogP contribution in [0, 0.1) is 6.92 Å². The molecule has 7 heteroatoms. The first-order chi connectivity index (χ1) is 11.1. The van der Waals surface area contributed by atoms with Gasteiger partial charge in [-0.3, -0.25) is 14.5 Å². The molecule has 1 aromatic heterocycles. The number of rotatable bonds is 3. The predicted molar refractivity (Wildman–Crippen MR) is 84.0 cm³/mol. The van der Waals surface area contributed by atoms with Gasteiger partial charge in [-0.15, -0.1) is 0 Å². The average Bonchev–Trinajstić information content (AvgIpc) is 3.16. The van der Waals surface area contributed by atoms with E-state index in [1.807, 2.05) is 4.90 Å². The molecule has 0 N–H and O–H groups in total. The van der Waals surface area contributed by atoms with Gasteiger partial charge in [0.05, 0.1) is 12.2 Å². The minimum absolute atomic E-state index is 0.113. The van der Waals surface area contributed by atoms with Crippen molar-refractivity contribution < 1.29 is 14.1 Å². The molecular formula is C16H24N4O3. The van der Waals surface area contributed by atoms with Crippen LogP contribution in [0.2, 0.25) is 0 Å². The number of nitrogens with zero attached hydrogens (tertiary/aromatic N) is 4. The zero-order valence-electron chi connectivity index (χ0n) is 13.7. The van der Waals surface area contributed by atoms with Crippen LogP contribution in [-0.2, 0) is 4.79 Å². The fourth-order valence-electron chi connectivity index (χ4n) is 3.21. The Kier molecular flexibility index (Phi) is 4.95. The summed E-state index contributed by atoms with van der Waals surface area (Å²) in [6, 6.07) is 1.67. The Bertz CT molecular complexity index is 565. The third kappa shape index (κ3) is 3.90. The maximum absolute atomic E-state index is 12.4. The maximum atomic E-state index is 12.4. The van der Waals surface area contributed by atoms with Crippen molar-refractivity contribution in [1.82, 2.24) is 19.9 Å². The molecule has 23 heavy (non-hydrogen) atoms. The van der Waals surface area contributed by atoms with Crippen molar-refractivity contribution in [3.63, 3.8) is 0 Å². The van der Waals surface area contributed by atoms with E-state index >= 15 is 0 Å². The van der Waals surface area contributed by atoms with Crippen molar-refractivity contribution in [2.75, 3.05) is 45.8 Å². The first kappa shape index (κ1) is 16.0. The van der Waals surface area contributed by atoms with Gasteiger partial charge in [-0.1, -0.05) is 5.16 Å². The molecule has 0 spiro atoms. The molecule has 126 valence electrons. The average molecular weight is 320 g/mol.